The van der Waals surface area contributed by atoms with Crippen LogP contribution in [0.5, 0.6) is 0 Å². The first kappa shape index (κ1) is 12.4. The van der Waals surface area contributed by atoms with Gasteiger partial charge in [0.15, 0.2) is 0 Å². The molecule has 0 aromatic rings. The highest BCUT2D eigenvalue weighted by Gasteiger charge is 2.32. The van der Waals surface area contributed by atoms with Crippen LogP contribution in [0.25, 0.3) is 0 Å². The van der Waals surface area contributed by atoms with Crippen molar-refractivity contribution >= 4 is 5.91 Å². The fourth-order valence-corrected chi connectivity index (χ4v) is 3.26. The van der Waals surface area contributed by atoms with Gasteiger partial charge in [-0.15, -0.1) is 0 Å². The summed E-state index contributed by atoms with van der Waals surface area (Å²) in [6.45, 7) is 4.97. The predicted octanol–water partition coefficient (Wildman–Crippen LogP) is -0.282. The Hall–Kier alpha value is -0.650. The Bertz CT molecular complexity index is 311. The van der Waals surface area contributed by atoms with Crippen LogP contribution in [-0.2, 0) is 9.53 Å². The lowest BCUT2D eigenvalue weighted by molar-refractivity contribution is -0.119. The van der Waals surface area contributed by atoms with Crippen LogP contribution in [0.2, 0.25) is 0 Å². The highest BCUT2D eigenvalue weighted by atomic mass is 16.5. The first-order valence-electron chi connectivity index (χ1n) is 7.17. The molecule has 5 heteroatoms. The van der Waals surface area contributed by atoms with Gasteiger partial charge in [0.2, 0.25) is 5.91 Å². The maximum atomic E-state index is 11.1. The molecule has 2 N–H and O–H groups in total. The van der Waals surface area contributed by atoms with Crippen molar-refractivity contribution in [2.45, 2.75) is 43.9 Å². The third kappa shape index (κ3) is 2.84. The standard InChI is InChI=1S/C13H23N3O2/c17-13-4-3-10(15-13)6-14-7-12-8-16-5-1-2-11(16)9-18-12/h10-12,14H,1-9H2,(H,15,17). The summed E-state index contributed by atoms with van der Waals surface area (Å²) < 4.78 is 5.89. The second-order valence-corrected chi connectivity index (χ2v) is 5.71. The minimum Gasteiger partial charge on any atom is -0.374 e. The van der Waals surface area contributed by atoms with Gasteiger partial charge in [-0.1, -0.05) is 0 Å². The molecular weight excluding hydrogens is 230 g/mol. The number of ether oxygens (including phenoxy) is 1. The van der Waals surface area contributed by atoms with E-state index in [4.69, 9.17) is 4.74 Å². The van der Waals surface area contributed by atoms with Crippen LogP contribution in [0.3, 0.4) is 0 Å². The van der Waals surface area contributed by atoms with Crippen LogP contribution in [0.4, 0.5) is 0 Å². The Labute approximate surface area is 108 Å². The van der Waals surface area contributed by atoms with E-state index >= 15 is 0 Å². The summed E-state index contributed by atoms with van der Waals surface area (Å²) in [5.74, 6) is 0.190. The van der Waals surface area contributed by atoms with Crippen LogP contribution in [0.15, 0.2) is 0 Å². The zero-order chi connectivity index (χ0) is 12.4. The molecule has 3 heterocycles. The molecule has 0 aromatic carbocycles. The average Bonchev–Trinajstić information content (AvgIpc) is 2.97. The molecule has 3 atom stereocenters. The summed E-state index contributed by atoms with van der Waals surface area (Å²) in [4.78, 5) is 13.6. The number of carbonyl (C=O) groups is 1. The quantitative estimate of drug-likeness (QED) is 0.723. The van der Waals surface area contributed by atoms with Crippen LogP contribution < -0.4 is 10.6 Å². The maximum Gasteiger partial charge on any atom is 0.220 e. The molecule has 102 valence electrons. The molecule has 0 radical (unpaired) electrons. The molecule has 0 aliphatic carbocycles. The number of carbonyl (C=O) groups excluding carboxylic acids is 1. The molecule has 0 spiro atoms. The predicted molar refractivity (Wildman–Crippen MR) is 68.4 cm³/mol. The molecule has 0 bridgehead atoms. The highest BCUT2D eigenvalue weighted by Crippen LogP contribution is 2.22. The second-order valence-electron chi connectivity index (χ2n) is 5.71. The van der Waals surface area contributed by atoms with Crippen molar-refractivity contribution < 1.29 is 9.53 Å². The highest BCUT2D eigenvalue weighted by molar-refractivity contribution is 5.78. The number of nitrogens with one attached hydrogen (secondary N) is 2. The third-order valence-electron chi connectivity index (χ3n) is 4.31. The summed E-state index contributed by atoms with van der Waals surface area (Å²) in [7, 11) is 0. The van der Waals surface area contributed by atoms with Gasteiger partial charge in [0.05, 0.1) is 12.7 Å². The number of rotatable bonds is 4. The van der Waals surface area contributed by atoms with Gasteiger partial charge in [-0.2, -0.15) is 0 Å². The molecule has 0 aromatic heterocycles. The van der Waals surface area contributed by atoms with Gasteiger partial charge < -0.3 is 15.4 Å². The summed E-state index contributed by atoms with van der Waals surface area (Å²) in [6.07, 6.45) is 4.58. The fourth-order valence-electron chi connectivity index (χ4n) is 3.26. The number of hydrogen-bond donors (Lipinski definition) is 2. The molecule has 18 heavy (non-hydrogen) atoms. The fraction of sp³-hybridized carbons (Fsp3) is 0.923. The van der Waals surface area contributed by atoms with Crippen molar-refractivity contribution in [1.29, 1.82) is 0 Å². The third-order valence-corrected chi connectivity index (χ3v) is 4.31. The summed E-state index contributed by atoms with van der Waals surface area (Å²) in [6, 6.07) is 0.996. The van der Waals surface area contributed by atoms with E-state index in [-0.39, 0.29) is 5.91 Å². The van der Waals surface area contributed by atoms with E-state index < -0.39 is 0 Å². The smallest absolute Gasteiger partial charge is 0.220 e. The Morgan fingerprint density at radius 3 is 3.17 bits per heavy atom. The molecule has 3 saturated heterocycles. The minimum atomic E-state index is 0.190. The van der Waals surface area contributed by atoms with E-state index in [0.717, 1.165) is 32.7 Å². The Kier molecular flexibility index (Phi) is 3.82. The van der Waals surface area contributed by atoms with Gasteiger partial charge in [-0.3, -0.25) is 9.69 Å². The van der Waals surface area contributed by atoms with Gasteiger partial charge in [0, 0.05) is 38.1 Å². The molecule has 5 nitrogen and oxygen atoms in total. The lowest BCUT2D eigenvalue weighted by atomic mass is 10.2. The summed E-state index contributed by atoms with van der Waals surface area (Å²) in [5.41, 5.74) is 0. The summed E-state index contributed by atoms with van der Waals surface area (Å²) >= 11 is 0. The average molecular weight is 253 g/mol. The lowest BCUT2D eigenvalue weighted by Gasteiger charge is -2.35. The van der Waals surface area contributed by atoms with E-state index in [1.165, 1.54) is 19.4 Å². The first-order valence-corrected chi connectivity index (χ1v) is 7.17. The molecule has 1 amide bonds. The SMILES string of the molecule is O=C1CCC(CNCC2CN3CCCC3CO2)N1. The molecule has 3 unspecified atom stereocenters. The largest absolute Gasteiger partial charge is 0.374 e. The molecule has 0 saturated carbocycles. The Morgan fingerprint density at radius 2 is 2.33 bits per heavy atom. The normalized spacial score (nSPS) is 36.7. The van der Waals surface area contributed by atoms with E-state index in [1.54, 1.807) is 0 Å². The lowest BCUT2D eigenvalue weighted by Crippen LogP contribution is -2.50. The molecule has 3 aliphatic heterocycles. The topological polar surface area (TPSA) is 53.6 Å². The Balaban J connectivity index is 1.35. The number of hydrogen-bond acceptors (Lipinski definition) is 4. The first-order chi connectivity index (χ1) is 8.81. The van der Waals surface area contributed by atoms with Gasteiger partial charge in [-0.25, -0.2) is 0 Å². The monoisotopic (exact) mass is 253 g/mol. The number of morpholine rings is 1. The van der Waals surface area contributed by atoms with Crippen LogP contribution in [-0.4, -0.2) is 61.8 Å². The van der Waals surface area contributed by atoms with Crippen molar-refractivity contribution in [3.63, 3.8) is 0 Å². The molecule has 3 aliphatic rings. The van der Waals surface area contributed by atoms with Gasteiger partial charge in [0.25, 0.3) is 0 Å². The van der Waals surface area contributed by atoms with Crippen LogP contribution in [0, 0.1) is 0 Å². The summed E-state index contributed by atoms with van der Waals surface area (Å²) in [5, 5.41) is 6.41. The Morgan fingerprint density at radius 1 is 1.39 bits per heavy atom. The van der Waals surface area contributed by atoms with Gasteiger partial charge in [-0.05, 0) is 25.8 Å². The van der Waals surface area contributed by atoms with Crippen molar-refractivity contribution in [2.24, 2.45) is 0 Å². The van der Waals surface area contributed by atoms with E-state index in [0.29, 0.717) is 24.6 Å². The van der Waals surface area contributed by atoms with Crippen molar-refractivity contribution in [2.75, 3.05) is 32.8 Å². The number of nitrogens with zero attached hydrogens (tertiary/aromatic N) is 1. The van der Waals surface area contributed by atoms with Crippen LogP contribution >= 0.6 is 0 Å². The molecule has 3 rings (SSSR count). The minimum absolute atomic E-state index is 0.190. The molecule has 3 fully saturated rings. The number of fused-ring (bicyclic) bond motifs is 1. The van der Waals surface area contributed by atoms with Crippen LogP contribution in [0.1, 0.15) is 25.7 Å². The second kappa shape index (κ2) is 5.55. The van der Waals surface area contributed by atoms with E-state index in [1.807, 2.05) is 0 Å². The van der Waals surface area contributed by atoms with Gasteiger partial charge >= 0.3 is 0 Å². The van der Waals surface area contributed by atoms with Crippen molar-refractivity contribution in [1.82, 2.24) is 15.5 Å². The van der Waals surface area contributed by atoms with E-state index in [9.17, 15) is 4.79 Å². The number of amides is 1. The zero-order valence-electron chi connectivity index (χ0n) is 10.9. The molecular formula is C13H23N3O2. The zero-order valence-corrected chi connectivity index (χ0v) is 10.9. The maximum absolute atomic E-state index is 11.1. The van der Waals surface area contributed by atoms with Gasteiger partial charge in [0.1, 0.15) is 0 Å². The van der Waals surface area contributed by atoms with Crippen molar-refractivity contribution in [3.8, 4) is 0 Å². The van der Waals surface area contributed by atoms with Crippen molar-refractivity contribution in [3.05, 3.63) is 0 Å². The van der Waals surface area contributed by atoms with E-state index in [2.05, 4.69) is 15.5 Å².